The molecule has 1 saturated heterocycles. The molecule has 0 amide bonds. The molecule has 1 aliphatic rings. The van der Waals surface area contributed by atoms with E-state index in [-0.39, 0.29) is 12.2 Å². The lowest BCUT2D eigenvalue weighted by Crippen LogP contribution is -2.36. The smallest absolute Gasteiger partial charge is 0.0840 e. The normalized spacial score (nSPS) is 32.7. The molecule has 1 heterocycles. The number of hydrogen-bond donors (Lipinski definition) is 0. The SMILES string of the molecule is C[C](C)CC1OCCOC1C. The van der Waals surface area contributed by atoms with E-state index >= 15 is 0 Å². The predicted octanol–water partition coefficient (Wildman–Crippen LogP) is 1.79. The zero-order valence-corrected chi connectivity index (χ0v) is 7.59. The fourth-order valence-electron chi connectivity index (χ4n) is 1.30. The van der Waals surface area contributed by atoms with E-state index in [4.69, 9.17) is 9.47 Å². The summed E-state index contributed by atoms with van der Waals surface area (Å²) >= 11 is 0. The summed E-state index contributed by atoms with van der Waals surface area (Å²) in [6.07, 6.45) is 1.58. The molecule has 0 aromatic rings. The van der Waals surface area contributed by atoms with Crippen molar-refractivity contribution >= 4 is 0 Å². The summed E-state index contributed by atoms with van der Waals surface area (Å²) in [5.74, 6) is 1.41. The monoisotopic (exact) mass is 157 g/mol. The molecule has 0 saturated carbocycles. The van der Waals surface area contributed by atoms with E-state index in [1.807, 2.05) is 0 Å². The third-order valence-electron chi connectivity index (χ3n) is 1.93. The Balaban J connectivity index is 2.29. The van der Waals surface area contributed by atoms with Gasteiger partial charge in [-0.15, -0.1) is 0 Å². The highest BCUT2D eigenvalue weighted by atomic mass is 16.6. The van der Waals surface area contributed by atoms with Gasteiger partial charge in [0.2, 0.25) is 0 Å². The van der Waals surface area contributed by atoms with Crippen molar-refractivity contribution < 1.29 is 9.47 Å². The first-order valence-corrected chi connectivity index (χ1v) is 4.22. The molecule has 0 bridgehead atoms. The predicted molar refractivity (Wildman–Crippen MR) is 44.4 cm³/mol. The minimum absolute atomic E-state index is 0.263. The Labute approximate surface area is 68.9 Å². The molecule has 1 fully saturated rings. The topological polar surface area (TPSA) is 18.5 Å². The molecule has 1 radical (unpaired) electrons. The first-order chi connectivity index (χ1) is 5.20. The maximum atomic E-state index is 5.56. The molecule has 65 valence electrons. The van der Waals surface area contributed by atoms with Gasteiger partial charge in [-0.05, 0) is 19.3 Å². The van der Waals surface area contributed by atoms with Crippen LogP contribution in [0.2, 0.25) is 0 Å². The lowest BCUT2D eigenvalue weighted by Gasteiger charge is -2.30. The number of hydrogen-bond acceptors (Lipinski definition) is 2. The molecule has 0 aliphatic carbocycles. The molecule has 1 aliphatic heterocycles. The van der Waals surface area contributed by atoms with E-state index in [2.05, 4.69) is 20.8 Å². The van der Waals surface area contributed by atoms with Gasteiger partial charge in [-0.1, -0.05) is 13.8 Å². The van der Waals surface area contributed by atoms with Gasteiger partial charge in [-0.2, -0.15) is 0 Å². The van der Waals surface area contributed by atoms with Gasteiger partial charge in [0.25, 0.3) is 0 Å². The van der Waals surface area contributed by atoms with Crippen LogP contribution in [0, 0.1) is 5.92 Å². The Bertz CT molecular complexity index is 112. The zero-order valence-electron chi connectivity index (χ0n) is 7.59. The summed E-state index contributed by atoms with van der Waals surface area (Å²) in [6, 6.07) is 0. The third-order valence-corrected chi connectivity index (χ3v) is 1.93. The minimum Gasteiger partial charge on any atom is -0.373 e. The standard InChI is InChI=1S/C9H17O2/c1-7(2)6-9-8(3)10-4-5-11-9/h8-9H,4-6H2,1-3H3. The fraction of sp³-hybridized carbons (Fsp3) is 0.889. The second kappa shape index (κ2) is 4.07. The molecule has 0 aromatic heterocycles. The average Bonchev–Trinajstić information content (AvgIpc) is 1.93. The Kier molecular flexibility index (Phi) is 3.34. The van der Waals surface area contributed by atoms with E-state index in [0.29, 0.717) is 0 Å². The highest BCUT2D eigenvalue weighted by Crippen LogP contribution is 2.18. The fourth-order valence-corrected chi connectivity index (χ4v) is 1.30. The van der Waals surface area contributed by atoms with E-state index in [0.717, 1.165) is 19.6 Å². The van der Waals surface area contributed by atoms with Crippen molar-refractivity contribution in [2.75, 3.05) is 13.2 Å². The first kappa shape index (κ1) is 9.01. The molecule has 2 heteroatoms. The van der Waals surface area contributed by atoms with Gasteiger partial charge in [0.05, 0.1) is 25.4 Å². The zero-order chi connectivity index (χ0) is 8.27. The van der Waals surface area contributed by atoms with Crippen LogP contribution in [0.4, 0.5) is 0 Å². The molecule has 2 unspecified atom stereocenters. The van der Waals surface area contributed by atoms with Crippen molar-refractivity contribution in [3.05, 3.63) is 5.92 Å². The largest absolute Gasteiger partial charge is 0.373 e. The van der Waals surface area contributed by atoms with Crippen LogP contribution < -0.4 is 0 Å². The molecule has 0 aromatic carbocycles. The van der Waals surface area contributed by atoms with Gasteiger partial charge in [0.15, 0.2) is 0 Å². The van der Waals surface area contributed by atoms with Crippen LogP contribution in [0.5, 0.6) is 0 Å². The van der Waals surface area contributed by atoms with Gasteiger partial charge in [-0.3, -0.25) is 0 Å². The molecule has 11 heavy (non-hydrogen) atoms. The van der Waals surface area contributed by atoms with Crippen LogP contribution in [-0.2, 0) is 9.47 Å². The second-order valence-corrected chi connectivity index (χ2v) is 3.40. The summed E-state index contributed by atoms with van der Waals surface area (Å²) in [4.78, 5) is 0. The van der Waals surface area contributed by atoms with Crippen molar-refractivity contribution in [2.45, 2.75) is 39.4 Å². The van der Waals surface area contributed by atoms with Crippen LogP contribution in [0.1, 0.15) is 27.2 Å². The van der Waals surface area contributed by atoms with Gasteiger partial charge in [0, 0.05) is 0 Å². The van der Waals surface area contributed by atoms with Gasteiger partial charge >= 0.3 is 0 Å². The maximum Gasteiger partial charge on any atom is 0.0840 e. The molecular formula is C9H17O2. The van der Waals surface area contributed by atoms with Crippen molar-refractivity contribution in [2.24, 2.45) is 0 Å². The highest BCUT2D eigenvalue weighted by molar-refractivity contribution is 4.85. The van der Waals surface area contributed by atoms with Crippen LogP contribution >= 0.6 is 0 Å². The van der Waals surface area contributed by atoms with Gasteiger partial charge in [0.1, 0.15) is 0 Å². The Hall–Kier alpha value is -0.0800. The highest BCUT2D eigenvalue weighted by Gasteiger charge is 2.23. The quantitative estimate of drug-likeness (QED) is 0.608. The van der Waals surface area contributed by atoms with Crippen molar-refractivity contribution in [3.8, 4) is 0 Å². The molecule has 2 nitrogen and oxygen atoms in total. The van der Waals surface area contributed by atoms with E-state index in [9.17, 15) is 0 Å². The second-order valence-electron chi connectivity index (χ2n) is 3.40. The average molecular weight is 157 g/mol. The van der Waals surface area contributed by atoms with Crippen LogP contribution in [0.25, 0.3) is 0 Å². The lowest BCUT2D eigenvalue weighted by atomic mass is 10.0. The Morgan fingerprint density at radius 2 is 1.91 bits per heavy atom. The van der Waals surface area contributed by atoms with Crippen LogP contribution in [0.3, 0.4) is 0 Å². The maximum absolute atomic E-state index is 5.56. The van der Waals surface area contributed by atoms with Crippen LogP contribution in [-0.4, -0.2) is 25.4 Å². The van der Waals surface area contributed by atoms with Crippen molar-refractivity contribution in [1.82, 2.24) is 0 Å². The Morgan fingerprint density at radius 1 is 1.27 bits per heavy atom. The Morgan fingerprint density at radius 3 is 2.45 bits per heavy atom. The molecular weight excluding hydrogens is 140 g/mol. The van der Waals surface area contributed by atoms with Gasteiger partial charge in [-0.25, -0.2) is 0 Å². The van der Waals surface area contributed by atoms with E-state index in [1.165, 1.54) is 5.92 Å². The third kappa shape index (κ3) is 2.80. The first-order valence-electron chi connectivity index (χ1n) is 4.22. The van der Waals surface area contributed by atoms with Crippen molar-refractivity contribution in [3.63, 3.8) is 0 Å². The summed E-state index contributed by atoms with van der Waals surface area (Å²) in [7, 11) is 0. The van der Waals surface area contributed by atoms with Crippen molar-refractivity contribution in [1.29, 1.82) is 0 Å². The minimum atomic E-state index is 0.263. The number of rotatable bonds is 2. The summed E-state index contributed by atoms with van der Waals surface area (Å²) in [6.45, 7) is 7.84. The van der Waals surface area contributed by atoms with E-state index in [1.54, 1.807) is 0 Å². The van der Waals surface area contributed by atoms with E-state index < -0.39 is 0 Å². The van der Waals surface area contributed by atoms with Gasteiger partial charge < -0.3 is 9.47 Å². The summed E-state index contributed by atoms with van der Waals surface area (Å²) in [5, 5.41) is 0. The lowest BCUT2D eigenvalue weighted by molar-refractivity contribution is -0.133. The molecule has 1 rings (SSSR count). The molecule has 0 N–H and O–H groups in total. The van der Waals surface area contributed by atoms with Crippen LogP contribution in [0.15, 0.2) is 0 Å². The molecule has 2 atom stereocenters. The molecule has 0 spiro atoms. The number of ether oxygens (including phenoxy) is 2. The summed E-state index contributed by atoms with van der Waals surface area (Å²) in [5.41, 5.74) is 0. The summed E-state index contributed by atoms with van der Waals surface area (Å²) < 4.78 is 11.0.